The third kappa shape index (κ3) is 3.03. The first-order valence-electron chi connectivity index (χ1n) is 8.61. The lowest BCUT2D eigenvalue weighted by atomic mass is 9.46. The summed E-state index contributed by atoms with van der Waals surface area (Å²) in [6, 6.07) is 7.77. The molecule has 1 saturated heterocycles. The highest BCUT2D eigenvalue weighted by Gasteiger charge is 2.70. The summed E-state index contributed by atoms with van der Waals surface area (Å²) >= 11 is 0. The van der Waals surface area contributed by atoms with Gasteiger partial charge < -0.3 is 20.1 Å². The Morgan fingerprint density at radius 1 is 1.36 bits per heavy atom. The first-order valence-corrected chi connectivity index (χ1v) is 8.61. The molecule has 1 aliphatic carbocycles. The molecule has 5 nitrogen and oxygen atoms in total. The highest BCUT2D eigenvalue weighted by atomic mass is 35.5. The van der Waals surface area contributed by atoms with Crippen LogP contribution in [0.2, 0.25) is 0 Å². The van der Waals surface area contributed by atoms with Crippen LogP contribution in [-0.2, 0) is 16.1 Å². The summed E-state index contributed by atoms with van der Waals surface area (Å²) in [4.78, 5) is 14.9. The van der Waals surface area contributed by atoms with Crippen LogP contribution in [0.1, 0.15) is 32.3 Å². The van der Waals surface area contributed by atoms with E-state index in [2.05, 4.69) is 13.8 Å². The van der Waals surface area contributed by atoms with E-state index in [0.29, 0.717) is 6.54 Å². The van der Waals surface area contributed by atoms with Crippen LogP contribution in [0.3, 0.4) is 0 Å². The molecule has 0 aromatic heterocycles. The van der Waals surface area contributed by atoms with Crippen LogP contribution in [0, 0.1) is 11.3 Å². The first kappa shape index (κ1) is 20.0. The van der Waals surface area contributed by atoms with Crippen LogP contribution in [0.25, 0.3) is 0 Å². The van der Waals surface area contributed by atoms with Crippen molar-refractivity contribution in [1.29, 1.82) is 0 Å². The Balaban J connectivity index is 0.00000225. The number of methoxy groups -OCH3 is 1. The molecule has 6 heteroatoms. The molecule has 1 amide bonds. The Hall–Kier alpha value is -1.30. The van der Waals surface area contributed by atoms with Gasteiger partial charge in [0.1, 0.15) is 11.3 Å². The molecule has 2 fully saturated rings. The predicted octanol–water partition coefficient (Wildman–Crippen LogP) is 2.61. The van der Waals surface area contributed by atoms with Gasteiger partial charge in [0.05, 0.1) is 13.2 Å². The Bertz CT molecular complexity index is 620. The van der Waals surface area contributed by atoms with Crippen molar-refractivity contribution < 1.29 is 14.3 Å². The number of hydrogen-bond donors (Lipinski definition) is 1. The van der Waals surface area contributed by atoms with Gasteiger partial charge in [0, 0.05) is 31.5 Å². The molecule has 1 aromatic carbocycles. The number of likely N-dealkylation sites (N-methyl/N-ethyl adjacent to an activating group) is 1. The molecule has 2 N–H and O–H groups in total. The summed E-state index contributed by atoms with van der Waals surface area (Å²) in [6.45, 7) is 5.42. The molecule has 1 aromatic rings. The number of ether oxygens (including phenoxy) is 2. The van der Waals surface area contributed by atoms with Gasteiger partial charge in [0.25, 0.3) is 0 Å². The van der Waals surface area contributed by atoms with E-state index in [4.69, 9.17) is 15.2 Å². The Morgan fingerprint density at radius 2 is 2.00 bits per heavy atom. The first-order chi connectivity index (χ1) is 11.3. The van der Waals surface area contributed by atoms with Gasteiger partial charge in [-0.2, -0.15) is 0 Å². The van der Waals surface area contributed by atoms with Gasteiger partial charge in [0.15, 0.2) is 0 Å². The summed E-state index contributed by atoms with van der Waals surface area (Å²) in [5.74, 6) is 0.937. The molecule has 0 radical (unpaired) electrons. The second-order valence-electron chi connectivity index (χ2n) is 7.64. The van der Waals surface area contributed by atoms with Crippen LogP contribution in [0.4, 0.5) is 0 Å². The van der Waals surface area contributed by atoms with Gasteiger partial charge in [-0.25, -0.2) is 0 Å². The largest absolute Gasteiger partial charge is 0.497 e. The fourth-order valence-electron chi connectivity index (χ4n) is 4.40. The second kappa shape index (κ2) is 7.14. The normalized spacial score (nSPS) is 29.6. The average molecular weight is 369 g/mol. The average Bonchev–Trinajstić information content (AvgIpc) is 2.60. The highest BCUT2D eigenvalue weighted by Crippen LogP contribution is 2.57. The Morgan fingerprint density at radius 3 is 2.60 bits per heavy atom. The number of nitrogens with zero attached hydrogens (tertiary/aromatic N) is 1. The van der Waals surface area contributed by atoms with E-state index < -0.39 is 5.54 Å². The SMILES string of the molecule is COc1ccc(CN(C)C(=O)C2(N)C3CCCOC3C2(C)C)cc1.Cl. The van der Waals surface area contributed by atoms with Crippen molar-refractivity contribution in [2.24, 2.45) is 17.1 Å². The van der Waals surface area contributed by atoms with Gasteiger partial charge >= 0.3 is 0 Å². The number of benzene rings is 1. The zero-order valence-corrected chi connectivity index (χ0v) is 16.3. The fourth-order valence-corrected chi connectivity index (χ4v) is 4.40. The van der Waals surface area contributed by atoms with E-state index in [1.807, 2.05) is 31.3 Å². The molecule has 3 unspecified atom stereocenters. The molecule has 1 aliphatic heterocycles. The lowest BCUT2D eigenvalue weighted by molar-refractivity contribution is -0.229. The predicted molar refractivity (Wildman–Crippen MR) is 99.9 cm³/mol. The maximum absolute atomic E-state index is 13.2. The maximum atomic E-state index is 13.2. The van der Waals surface area contributed by atoms with Crippen molar-refractivity contribution in [3.63, 3.8) is 0 Å². The van der Waals surface area contributed by atoms with Crippen LogP contribution in [-0.4, -0.2) is 43.2 Å². The summed E-state index contributed by atoms with van der Waals surface area (Å²) in [7, 11) is 3.47. The molecular weight excluding hydrogens is 340 g/mol. The smallest absolute Gasteiger partial charge is 0.243 e. The minimum absolute atomic E-state index is 0. The van der Waals surface area contributed by atoms with Crippen LogP contribution in [0.15, 0.2) is 24.3 Å². The van der Waals surface area contributed by atoms with Gasteiger partial charge in [-0.15, -0.1) is 12.4 Å². The second-order valence-corrected chi connectivity index (χ2v) is 7.64. The highest BCUT2D eigenvalue weighted by molar-refractivity contribution is 5.89. The molecule has 0 bridgehead atoms. The molecule has 3 rings (SSSR count). The molecule has 3 atom stereocenters. The van der Waals surface area contributed by atoms with Crippen LogP contribution >= 0.6 is 12.4 Å². The van der Waals surface area contributed by atoms with Gasteiger partial charge in [-0.3, -0.25) is 4.79 Å². The number of rotatable bonds is 4. The lowest BCUT2D eigenvalue weighted by Crippen LogP contribution is -2.82. The van der Waals surface area contributed by atoms with E-state index in [-0.39, 0.29) is 35.8 Å². The number of amides is 1. The number of hydrogen-bond acceptors (Lipinski definition) is 4. The van der Waals surface area contributed by atoms with E-state index in [0.717, 1.165) is 30.8 Å². The molecule has 25 heavy (non-hydrogen) atoms. The molecule has 1 saturated carbocycles. The number of nitrogens with two attached hydrogens (primary N) is 1. The third-order valence-electron chi connectivity index (χ3n) is 5.96. The van der Waals surface area contributed by atoms with E-state index in [1.54, 1.807) is 12.0 Å². The fraction of sp³-hybridized carbons (Fsp3) is 0.632. The van der Waals surface area contributed by atoms with Crippen LogP contribution < -0.4 is 10.5 Å². The molecular formula is C19H29ClN2O3. The zero-order valence-electron chi connectivity index (χ0n) is 15.5. The summed E-state index contributed by atoms with van der Waals surface area (Å²) in [5.41, 5.74) is 6.56. The van der Waals surface area contributed by atoms with Crippen molar-refractivity contribution in [2.45, 2.75) is 44.9 Å². The van der Waals surface area contributed by atoms with Gasteiger partial charge in [-0.1, -0.05) is 26.0 Å². The Labute approximate surface area is 156 Å². The number of halogens is 1. The van der Waals surface area contributed by atoms with Crippen LogP contribution in [0.5, 0.6) is 5.75 Å². The van der Waals surface area contributed by atoms with Crippen molar-refractivity contribution in [3.8, 4) is 5.75 Å². The molecule has 2 aliphatic rings. The van der Waals surface area contributed by atoms with E-state index in [9.17, 15) is 4.79 Å². The van der Waals surface area contributed by atoms with Crippen molar-refractivity contribution in [3.05, 3.63) is 29.8 Å². The topological polar surface area (TPSA) is 64.8 Å². The lowest BCUT2D eigenvalue weighted by Gasteiger charge is -2.65. The summed E-state index contributed by atoms with van der Waals surface area (Å²) in [6.07, 6.45) is 2.04. The van der Waals surface area contributed by atoms with Crippen molar-refractivity contribution in [1.82, 2.24) is 4.90 Å². The quantitative estimate of drug-likeness (QED) is 0.887. The van der Waals surface area contributed by atoms with Crippen molar-refractivity contribution >= 4 is 18.3 Å². The van der Waals surface area contributed by atoms with Gasteiger partial charge in [0.2, 0.25) is 5.91 Å². The maximum Gasteiger partial charge on any atom is 0.243 e. The zero-order chi connectivity index (χ0) is 17.5. The van der Waals surface area contributed by atoms with Crippen molar-refractivity contribution in [2.75, 3.05) is 20.8 Å². The monoisotopic (exact) mass is 368 g/mol. The molecule has 140 valence electrons. The number of carbonyl (C=O) groups excluding carboxylic acids is 1. The molecule has 0 spiro atoms. The molecule has 1 heterocycles. The Kier molecular flexibility index (Phi) is 5.71. The van der Waals surface area contributed by atoms with Gasteiger partial charge in [-0.05, 0) is 30.5 Å². The minimum atomic E-state index is -0.848. The number of fused-ring (bicyclic) bond motifs is 1. The number of carbonyl (C=O) groups is 1. The third-order valence-corrected chi connectivity index (χ3v) is 5.96. The summed E-state index contributed by atoms with van der Waals surface area (Å²) in [5, 5.41) is 0. The van der Waals surface area contributed by atoms with E-state index in [1.165, 1.54) is 0 Å². The van der Waals surface area contributed by atoms with E-state index >= 15 is 0 Å². The summed E-state index contributed by atoms with van der Waals surface area (Å²) < 4.78 is 11.1. The minimum Gasteiger partial charge on any atom is -0.497 e. The standard InChI is InChI=1S/C19H28N2O3.ClH/c1-18(2)16-15(6-5-11-24-16)19(18,20)17(22)21(3)12-13-7-9-14(23-4)10-8-13;/h7-10,15-16H,5-6,11-12,20H2,1-4H3;1H.